The maximum Gasteiger partial charge on any atom is 0.254 e. The van der Waals surface area contributed by atoms with E-state index < -0.39 is 0 Å². The minimum atomic E-state index is 0.181. The lowest BCUT2D eigenvalue weighted by Gasteiger charge is -2.35. The predicted octanol–water partition coefficient (Wildman–Crippen LogP) is 3.88. The van der Waals surface area contributed by atoms with Gasteiger partial charge in [-0.1, -0.05) is 6.92 Å². The van der Waals surface area contributed by atoms with E-state index in [0.717, 1.165) is 37.1 Å². The summed E-state index contributed by atoms with van der Waals surface area (Å²) in [7, 11) is 0. The number of rotatable bonds is 3. The Hall–Kier alpha value is -2.03. The third-order valence-electron chi connectivity index (χ3n) is 4.38. The molecule has 3 nitrogen and oxygen atoms in total. The maximum absolute atomic E-state index is 12.7. The lowest BCUT2D eigenvalue weighted by atomic mass is 9.99. The number of amides is 1. The first-order valence-corrected chi connectivity index (χ1v) is 7.84. The number of hydrogen-bond acceptors (Lipinski definition) is 1. The van der Waals surface area contributed by atoms with Crippen LogP contribution in [0.2, 0.25) is 0 Å². The second-order valence-corrected chi connectivity index (χ2v) is 5.69. The van der Waals surface area contributed by atoms with Crippen molar-refractivity contribution in [1.82, 2.24) is 9.47 Å². The Labute approximate surface area is 126 Å². The van der Waals surface area contributed by atoms with Crippen molar-refractivity contribution in [3.05, 3.63) is 54.4 Å². The average Bonchev–Trinajstić information content (AvgIpc) is 3.09. The van der Waals surface area contributed by atoms with E-state index in [1.165, 1.54) is 6.42 Å². The lowest BCUT2D eigenvalue weighted by molar-refractivity contribution is 0.0608. The molecule has 1 amide bonds. The Bertz CT molecular complexity index is 586. The molecule has 1 saturated heterocycles. The molecule has 0 spiro atoms. The van der Waals surface area contributed by atoms with Gasteiger partial charge in [0, 0.05) is 36.2 Å². The summed E-state index contributed by atoms with van der Waals surface area (Å²) in [5, 5.41) is 0. The van der Waals surface area contributed by atoms with Gasteiger partial charge in [0.2, 0.25) is 0 Å². The number of aromatic nitrogens is 1. The molecule has 110 valence electrons. The number of likely N-dealkylation sites (tertiary alicyclic amines) is 1. The van der Waals surface area contributed by atoms with Gasteiger partial charge in [-0.3, -0.25) is 4.79 Å². The standard InChI is InChI=1S/C18H22N2O/c1-2-16-7-3-4-14-20(16)18(21)15-8-10-17(11-9-15)19-12-5-6-13-19/h5-6,8-13,16H,2-4,7,14H2,1H3. The van der Waals surface area contributed by atoms with Crippen LogP contribution in [0, 0.1) is 0 Å². The number of benzene rings is 1. The molecular weight excluding hydrogens is 260 g/mol. The smallest absolute Gasteiger partial charge is 0.254 e. The topological polar surface area (TPSA) is 25.2 Å². The lowest BCUT2D eigenvalue weighted by Crippen LogP contribution is -2.43. The van der Waals surface area contributed by atoms with Gasteiger partial charge in [0.25, 0.3) is 5.91 Å². The zero-order valence-corrected chi connectivity index (χ0v) is 12.5. The van der Waals surface area contributed by atoms with Crippen LogP contribution in [0.5, 0.6) is 0 Å². The van der Waals surface area contributed by atoms with Crippen LogP contribution in [0.15, 0.2) is 48.8 Å². The fraction of sp³-hybridized carbons (Fsp3) is 0.389. The van der Waals surface area contributed by atoms with Crippen molar-refractivity contribution in [1.29, 1.82) is 0 Å². The first kappa shape index (κ1) is 13.9. The van der Waals surface area contributed by atoms with Gasteiger partial charge in [0.05, 0.1) is 0 Å². The van der Waals surface area contributed by atoms with Crippen LogP contribution in [0.25, 0.3) is 5.69 Å². The summed E-state index contributed by atoms with van der Waals surface area (Å²) in [5.41, 5.74) is 1.88. The molecule has 0 saturated carbocycles. The second-order valence-electron chi connectivity index (χ2n) is 5.69. The zero-order valence-electron chi connectivity index (χ0n) is 12.5. The highest BCUT2D eigenvalue weighted by Gasteiger charge is 2.25. The molecule has 1 aliphatic rings. The van der Waals surface area contributed by atoms with Crippen molar-refractivity contribution in [2.24, 2.45) is 0 Å². The van der Waals surface area contributed by atoms with Crippen LogP contribution in [0.1, 0.15) is 43.0 Å². The molecule has 3 rings (SSSR count). The Balaban J connectivity index is 1.78. The summed E-state index contributed by atoms with van der Waals surface area (Å²) in [6, 6.07) is 12.3. The molecule has 1 aromatic heterocycles. The van der Waals surface area contributed by atoms with Crippen LogP contribution < -0.4 is 0 Å². The van der Waals surface area contributed by atoms with Crippen molar-refractivity contribution in [2.75, 3.05) is 6.54 Å². The summed E-state index contributed by atoms with van der Waals surface area (Å²) in [5.74, 6) is 0.181. The molecule has 1 atom stereocenters. The highest BCUT2D eigenvalue weighted by atomic mass is 16.2. The first-order chi connectivity index (χ1) is 10.3. The van der Waals surface area contributed by atoms with E-state index in [-0.39, 0.29) is 5.91 Å². The fourth-order valence-corrected chi connectivity index (χ4v) is 3.14. The summed E-state index contributed by atoms with van der Waals surface area (Å²) < 4.78 is 2.05. The summed E-state index contributed by atoms with van der Waals surface area (Å²) >= 11 is 0. The Morgan fingerprint density at radius 2 is 1.86 bits per heavy atom. The van der Waals surface area contributed by atoms with E-state index >= 15 is 0 Å². The Morgan fingerprint density at radius 1 is 1.14 bits per heavy atom. The van der Waals surface area contributed by atoms with Gasteiger partial charge in [-0.2, -0.15) is 0 Å². The fourth-order valence-electron chi connectivity index (χ4n) is 3.14. The second kappa shape index (κ2) is 6.17. The van der Waals surface area contributed by atoms with Crippen molar-refractivity contribution < 1.29 is 4.79 Å². The van der Waals surface area contributed by atoms with Crippen LogP contribution in [0.3, 0.4) is 0 Å². The van der Waals surface area contributed by atoms with E-state index in [9.17, 15) is 4.79 Å². The predicted molar refractivity (Wildman–Crippen MR) is 84.7 cm³/mol. The monoisotopic (exact) mass is 282 g/mol. The molecule has 2 aromatic rings. The third kappa shape index (κ3) is 2.87. The van der Waals surface area contributed by atoms with E-state index in [4.69, 9.17) is 0 Å². The van der Waals surface area contributed by atoms with Gasteiger partial charge in [0.1, 0.15) is 0 Å². The van der Waals surface area contributed by atoms with Crippen molar-refractivity contribution in [3.63, 3.8) is 0 Å². The van der Waals surface area contributed by atoms with Crippen molar-refractivity contribution >= 4 is 5.91 Å². The summed E-state index contributed by atoms with van der Waals surface area (Å²) in [4.78, 5) is 14.7. The van der Waals surface area contributed by atoms with Crippen LogP contribution in [0.4, 0.5) is 0 Å². The zero-order chi connectivity index (χ0) is 14.7. The highest BCUT2D eigenvalue weighted by molar-refractivity contribution is 5.94. The van der Waals surface area contributed by atoms with Gasteiger partial charge in [-0.05, 0) is 62.1 Å². The maximum atomic E-state index is 12.7. The highest BCUT2D eigenvalue weighted by Crippen LogP contribution is 2.22. The van der Waals surface area contributed by atoms with Crippen LogP contribution >= 0.6 is 0 Å². The summed E-state index contributed by atoms with van der Waals surface area (Å²) in [6.07, 6.45) is 8.58. The van der Waals surface area contributed by atoms with Gasteiger partial charge in [-0.25, -0.2) is 0 Å². The molecule has 0 N–H and O–H groups in total. The van der Waals surface area contributed by atoms with Gasteiger partial charge in [0.15, 0.2) is 0 Å². The molecule has 0 aliphatic carbocycles. The number of carbonyl (C=O) groups excluding carboxylic acids is 1. The van der Waals surface area contributed by atoms with Crippen molar-refractivity contribution in [2.45, 2.75) is 38.6 Å². The number of hydrogen-bond donors (Lipinski definition) is 0. The van der Waals surface area contributed by atoms with E-state index in [2.05, 4.69) is 11.8 Å². The molecule has 0 radical (unpaired) electrons. The summed E-state index contributed by atoms with van der Waals surface area (Å²) in [6.45, 7) is 3.07. The molecule has 1 unspecified atom stereocenters. The minimum Gasteiger partial charge on any atom is -0.336 e. The Morgan fingerprint density at radius 3 is 2.52 bits per heavy atom. The average molecular weight is 282 g/mol. The van der Waals surface area contributed by atoms with Gasteiger partial charge in [-0.15, -0.1) is 0 Å². The molecule has 0 bridgehead atoms. The SMILES string of the molecule is CCC1CCCCN1C(=O)c1ccc(-n2cccc2)cc1. The molecule has 2 heterocycles. The van der Waals surface area contributed by atoms with E-state index in [0.29, 0.717) is 6.04 Å². The number of nitrogens with zero attached hydrogens (tertiary/aromatic N) is 2. The molecule has 3 heteroatoms. The number of carbonyl (C=O) groups is 1. The largest absolute Gasteiger partial charge is 0.336 e. The van der Waals surface area contributed by atoms with E-state index in [1.54, 1.807) is 0 Å². The van der Waals surface area contributed by atoms with Crippen molar-refractivity contribution in [3.8, 4) is 5.69 Å². The van der Waals surface area contributed by atoms with Gasteiger partial charge < -0.3 is 9.47 Å². The molecule has 1 fully saturated rings. The van der Waals surface area contributed by atoms with E-state index in [1.807, 2.05) is 53.4 Å². The minimum absolute atomic E-state index is 0.181. The number of piperidine rings is 1. The molecular formula is C18H22N2O. The van der Waals surface area contributed by atoms with Gasteiger partial charge >= 0.3 is 0 Å². The quantitative estimate of drug-likeness (QED) is 0.838. The normalized spacial score (nSPS) is 18.7. The van der Waals surface area contributed by atoms with Crippen LogP contribution in [-0.4, -0.2) is 28.0 Å². The van der Waals surface area contributed by atoms with Crippen LogP contribution in [-0.2, 0) is 0 Å². The molecule has 21 heavy (non-hydrogen) atoms. The molecule has 1 aromatic carbocycles. The Kier molecular flexibility index (Phi) is 4.09. The first-order valence-electron chi connectivity index (χ1n) is 7.84. The molecule has 1 aliphatic heterocycles. The third-order valence-corrected chi connectivity index (χ3v) is 4.38.